The van der Waals surface area contributed by atoms with Gasteiger partial charge in [0.1, 0.15) is 5.75 Å². The molecule has 1 heterocycles. The molecule has 0 aliphatic carbocycles. The van der Waals surface area contributed by atoms with Gasteiger partial charge in [-0.15, -0.1) is 0 Å². The Kier molecular flexibility index (Phi) is 11.4. The number of nitrogens with zero attached hydrogens (tertiary/aromatic N) is 2. The lowest BCUT2D eigenvalue weighted by Crippen LogP contribution is -2.41. The molecular formula is C38H45N3O3. The Labute approximate surface area is 262 Å². The van der Waals surface area contributed by atoms with Gasteiger partial charge in [-0.3, -0.25) is 9.59 Å². The minimum Gasteiger partial charge on any atom is -0.494 e. The molecule has 0 aliphatic rings. The second-order valence-electron chi connectivity index (χ2n) is 12.4. The van der Waals surface area contributed by atoms with Crippen LogP contribution in [0.3, 0.4) is 0 Å². The first-order valence-corrected chi connectivity index (χ1v) is 15.7. The molecule has 230 valence electrons. The van der Waals surface area contributed by atoms with Gasteiger partial charge >= 0.3 is 0 Å². The minimum atomic E-state index is -0.617. The molecule has 1 N–H and O–H groups in total. The molecule has 0 fully saturated rings. The summed E-state index contributed by atoms with van der Waals surface area (Å²) in [6, 6.07) is 22.8. The van der Waals surface area contributed by atoms with Crippen molar-refractivity contribution in [1.29, 1.82) is 0 Å². The molecule has 1 atom stereocenters. The molecule has 3 aromatic carbocycles. The van der Waals surface area contributed by atoms with Crippen molar-refractivity contribution in [3.63, 3.8) is 0 Å². The van der Waals surface area contributed by atoms with Crippen LogP contribution in [0.25, 0.3) is 22.5 Å². The van der Waals surface area contributed by atoms with Gasteiger partial charge in [0.05, 0.1) is 12.6 Å². The molecule has 0 saturated carbocycles. The lowest BCUT2D eigenvalue weighted by molar-refractivity contribution is -0.118. The highest BCUT2D eigenvalue weighted by Gasteiger charge is 2.20. The summed E-state index contributed by atoms with van der Waals surface area (Å²) in [4.78, 5) is 34.5. The number of Topliss-reactive ketones (excluding diaryl/α,β-unsaturated/α-hetero) is 1. The summed E-state index contributed by atoms with van der Waals surface area (Å²) >= 11 is 0. The first kappa shape index (κ1) is 32.6. The lowest BCUT2D eigenvalue weighted by Gasteiger charge is -2.20. The number of hydrogen-bond donors (Lipinski definition) is 1. The third kappa shape index (κ3) is 9.34. The molecule has 1 amide bonds. The maximum atomic E-state index is 12.9. The molecule has 0 radical (unpaired) electrons. The third-order valence-electron chi connectivity index (χ3n) is 7.82. The van der Waals surface area contributed by atoms with E-state index in [4.69, 9.17) is 4.74 Å². The maximum Gasteiger partial charge on any atom is 0.251 e. The zero-order valence-electron chi connectivity index (χ0n) is 26.7. The van der Waals surface area contributed by atoms with Crippen LogP contribution in [-0.4, -0.2) is 34.3 Å². The predicted molar refractivity (Wildman–Crippen MR) is 178 cm³/mol. The van der Waals surface area contributed by atoms with Crippen LogP contribution >= 0.6 is 0 Å². The second-order valence-corrected chi connectivity index (χ2v) is 12.4. The molecule has 6 heteroatoms. The van der Waals surface area contributed by atoms with Crippen LogP contribution in [0, 0.1) is 0 Å². The molecule has 1 aromatic heterocycles. The number of rotatable bonds is 14. The Morgan fingerprint density at radius 3 is 1.98 bits per heavy atom. The number of nitrogens with one attached hydrogen (secondary N) is 1. The van der Waals surface area contributed by atoms with Crippen molar-refractivity contribution in [2.24, 2.45) is 0 Å². The Morgan fingerprint density at radius 2 is 1.39 bits per heavy atom. The standard InChI is InChI=1S/C38H45N3O3/c1-6-7-8-9-10-23-44-34-21-17-29(18-22-34)32-25-39-36(40-26-32)30-13-11-28(12-14-30)24-35(27(2)42)41-37(43)31-15-19-33(20-16-31)38(3,4)5/h11-22,25-26,35H,6-10,23-24H2,1-5H3,(H,41,43). The average Bonchev–Trinajstić information content (AvgIpc) is 3.03. The van der Waals surface area contributed by atoms with Crippen LogP contribution in [0.4, 0.5) is 0 Å². The van der Waals surface area contributed by atoms with E-state index in [9.17, 15) is 9.59 Å². The summed E-state index contributed by atoms with van der Waals surface area (Å²) in [5.74, 6) is 1.16. The average molecular weight is 592 g/mol. The van der Waals surface area contributed by atoms with E-state index in [1.54, 1.807) is 0 Å². The highest BCUT2D eigenvalue weighted by molar-refractivity contribution is 5.97. The van der Waals surface area contributed by atoms with Crippen molar-refractivity contribution in [2.75, 3.05) is 6.61 Å². The zero-order chi connectivity index (χ0) is 31.5. The number of hydrogen-bond acceptors (Lipinski definition) is 5. The summed E-state index contributed by atoms with van der Waals surface area (Å²) in [6.45, 7) is 10.9. The summed E-state index contributed by atoms with van der Waals surface area (Å²) < 4.78 is 5.88. The number of ketones is 1. The van der Waals surface area contributed by atoms with E-state index in [0.29, 0.717) is 17.8 Å². The Hall–Kier alpha value is -4.32. The van der Waals surface area contributed by atoms with Gasteiger partial charge in [-0.2, -0.15) is 0 Å². The molecule has 0 spiro atoms. The maximum absolute atomic E-state index is 12.9. The van der Waals surface area contributed by atoms with E-state index in [1.807, 2.05) is 85.2 Å². The van der Waals surface area contributed by atoms with Gasteiger partial charge in [0.15, 0.2) is 11.6 Å². The van der Waals surface area contributed by atoms with Crippen molar-refractivity contribution < 1.29 is 14.3 Å². The lowest BCUT2D eigenvalue weighted by atomic mass is 9.86. The number of ether oxygens (including phenoxy) is 1. The molecular weight excluding hydrogens is 546 g/mol. The molecule has 1 unspecified atom stereocenters. The van der Waals surface area contributed by atoms with Gasteiger partial charge in [-0.05, 0) is 66.1 Å². The van der Waals surface area contributed by atoms with Gasteiger partial charge in [-0.1, -0.05) is 102 Å². The quantitative estimate of drug-likeness (QED) is 0.149. The van der Waals surface area contributed by atoms with Crippen LogP contribution in [0.1, 0.15) is 88.2 Å². The second kappa shape index (κ2) is 15.4. The third-order valence-corrected chi connectivity index (χ3v) is 7.82. The Morgan fingerprint density at radius 1 is 0.773 bits per heavy atom. The number of unbranched alkanes of at least 4 members (excludes halogenated alkanes) is 4. The highest BCUT2D eigenvalue weighted by Crippen LogP contribution is 2.24. The molecule has 0 aliphatic heterocycles. The topological polar surface area (TPSA) is 81.2 Å². The van der Waals surface area contributed by atoms with E-state index in [1.165, 1.54) is 32.6 Å². The van der Waals surface area contributed by atoms with Crippen LogP contribution in [0.15, 0.2) is 85.2 Å². The molecule has 0 saturated heterocycles. The first-order chi connectivity index (χ1) is 21.1. The Bertz CT molecular complexity index is 1490. The number of amides is 1. The highest BCUT2D eigenvalue weighted by atomic mass is 16.5. The number of carbonyl (C=O) groups excluding carboxylic acids is 2. The van der Waals surface area contributed by atoms with Crippen molar-refractivity contribution in [2.45, 2.75) is 84.6 Å². The molecule has 0 bridgehead atoms. The van der Waals surface area contributed by atoms with Crippen LogP contribution in [-0.2, 0) is 16.6 Å². The fourth-order valence-corrected chi connectivity index (χ4v) is 4.95. The Balaban J connectivity index is 1.32. The van der Waals surface area contributed by atoms with Crippen LogP contribution < -0.4 is 10.1 Å². The predicted octanol–water partition coefficient (Wildman–Crippen LogP) is 8.39. The summed E-state index contributed by atoms with van der Waals surface area (Å²) in [5.41, 5.74) is 5.48. The van der Waals surface area contributed by atoms with E-state index in [2.05, 4.69) is 43.0 Å². The number of carbonyl (C=O) groups is 2. The van der Waals surface area contributed by atoms with E-state index in [0.717, 1.165) is 46.6 Å². The molecule has 44 heavy (non-hydrogen) atoms. The van der Waals surface area contributed by atoms with E-state index in [-0.39, 0.29) is 17.1 Å². The summed E-state index contributed by atoms with van der Waals surface area (Å²) in [6.07, 6.45) is 10.2. The van der Waals surface area contributed by atoms with Crippen LogP contribution in [0.5, 0.6) is 5.75 Å². The minimum absolute atomic E-state index is 0.00484. The van der Waals surface area contributed by atoms with E-state index < -0.39 is 6.04 Å². The van der Waals surface area contributed by atoms with Gasteiger partial charge in [0.2, 0.25) is 0 Å². The first-order valence-electron chi connectivity index (χ1n) is 15.7. The number of aromatic nitrogens is 2. The fraction of sp³-hybridized carbons (Fsp3) is 0.368. The van der Waals surface area contributed by atoms with Crippen molar-refractivity contribution >= 4 is 11.7 Å². The smallest absolute Gasteiger partial charge is 0.251 e. The van der Waals surface area contributed by atoms with Gasteiger partial charge in [0, 0.05) is 29.1 Å². The van der Waals surface area contributed by atoms with Crippen molar-refractivity contribution in [1.82, 2.24) is 15.3 Å². The van der Waals surface area contributed by atoms with Gasteiger partial charge < -0.3 is 10.1 Å². The molecule has 4 rings (SSSR count). The van der Waals surface area contributed by atoms with E-state index >= 15 is 0 Å². The molecule has 6 nitrogen and oxygen atoms in total. The normalized spacial score (nSPS) is 12.0. The largest absolute Gasteiger partial charge is 0.494 e. The summed E-state index contributed by atoms with van der Waals surface area (Å²) in [5, 5.41) is 2.91. The monoisotopic (exact) mass is 591 g/mol. The van der Waals surface area contributed by atoms with Crippen molar-refractivity contribution in [3.8, 4) is 28.3 Å². The van der Waals surface area contributed by atoms with Crippen LogP contribution in [0.2, 0.25) is 0 Å². The summed E-state index contributed by atoms with van der Waals surface area (Å²) in [7, 11) is 0. The van der Waals surface area contributed by atoms with Crippen molar-refractivity contribution in [3.05, 3.63) is 102 Å². The number of benzene rings is 3. The zero-order valence-corrected chi connectivity index (χ0v) is 26.7. The SMILES string of the molecule is CCCCCCCOc1ccc(-c2cnc(-c3ccc(CC(NC(=O)c4ccc(C(C)(C)C)cc4)C(C)=O)cc3)nc2)cc1. The fourth-order valence-electron chi connectivity index (χ4n) is 4.95. The molecule has 4 aromatic rings. The van der Waals surface area contributed by atoms with Gasteiger partial charge in [-0.25, -0.2) is 9.97 Å². The van der Waals surface area contributed by atoms with Gasteiger partial charge in [0.25, 0.3) is 5.91 Å².